The van der Waals surface area contributed by atoms with Crippen molar-refractivity contribution in [1.82, 2.24) is 4.90 Å². The molecule has 6 nitrogen and oxygen atoms in total. The lowest BCUT2D eigenvalue weighted by atomic mass is 10.3. The Hall–Kier alpha value is -2.83. The molecule has 1 aliphatic rings. The molecule has 132 valence electrons. The van der Waals surface area contributed by atoms with E-state index in [-0.39, 0.29) is 24.4 Å². The van der Waals surface area contributed by atoms with Gasteiger partial charge in [0.25, 0.3) is 5.91 Å². The van der Waals surface area contributed by atoms with E-state index in [2.05, 4.69) is 0 Å². The highest BCUT2D eigenvalue weighted by Crippen LogP contribution is 2.19. The molecule has 0 N–H and O–H groups in total. The van der Waals surface area contributed by atoms with Gasteiger partial charge in [-0.3, -0.25) is 4.79 Å². The van der Waals surface area contributed by atoms with Crippen LogP contribution in [0.3, 0.4) is 0 Å². The van der Waals surface area contributed by atoms with Gasteiger partial charge in [0.2, 0.25) is 0 Å². The highest BCUT2D eigenvalue weighted by atomic mass is 19.1. The summed E-state index contributed by atoms with van der Waals surface area (Å²) >= 11 is 0. The summed E-state index contributed by atoms with van der Waals surface area (Å²) in [4.78, 5) is 25.1. The highest BCUT2D eigenvalue weighted by Gasteiger charge is 2.28. The Morgan fingerprint density at radius 1 is 1.36 bits per heavy atom. The van der Waals surface area contributed by atoms with Crippen LogP contribution in [0.15, 0.2) is 45.6 Å². The Labute approximate surface area is 143 Å². The summed E-state index contributed by atoms with van der Waals surface area (Å²) in [5.74, 6) is 0.200. The molecule has 0 radical (unpaired) electrons. The van der Waals surface area contributed by atoms with Crippen LogP contribution in [0, 0.1) is 12.7 Å². The smallest absolute Gasteiger partial charge is 0.339 e. The molecule has 3 rings (SSSR count). The number of carbonyl (C=O) groups excluding carboxylic acids is 1. The van der Waals surface area contributed by atoms with E-state index in [0.717, 1.165) is 0 Å². The van der Waals surface area contributed by atoms with Crippen LogP contribution >= 0.6 is 0 Å². The molecular weight excluding hydrogens is 329 g/mol. The third-order valence-electron chi connectivity index (χ3n) is 3.86. The van der Waals surface area contributed by atoms with Gasteiger partial charge >= 0.3 is 5.63 Å². The third kappa shape index (κ3) is 4.37. The highest BCUT2D eigenvalue weighted by molar-refractivity contribution is 5.78. The zero-order chi connectivity index (χ0) is 17.8. The number of aryl methyl sites for hydroxylation is 1. The van der Waals surface area contributed by atoms with E-state index in [4.69, 9.17) is 13.9 Å². The SMILES string of the molecule is Cc1cc(O[C@H]2CCN(C(=O)COc3ccccc3F)C2)cc(=O)o1. The zero-order valence-electron chi connectivity index (χ0n) is 13.7. The number of hydrogen-bond acceptors (Lipinski definition) is 5. The number of para-hydroxylation sites is 1. The van der Waals surface area contributed by atoms with Gasteiger partial charge in [-0.2, -0.15) is 0 Å². The standard InChI is InChI=1S/C18H18FNO5/c1-12-8-14(9-18(22)24-12)25-13-6-7-20(10-13)17(21)11-23-16-5-3-2-4-15(16)19/h2-5,8-9,13H,6-7,10-11H2,1H3/t13-/m0/s1. The lowest BCUT2D eigenvalue weighted by molar-refractivity contribution is -0.132. The average molecular weight is 347 g/mol. The zero-order valence-corrected chi connectivity index (χ0v) is 13.7. The molecule has 1 amide bonds. The van der Waals surface area contributed by atoms with Crippen molar-refractivity contribution in [3.63, 3.8) is 0 Å². The van der Waals surface area contributed by atoms with E-state index < -0.39 is 11.4 Å². The molecule has 1 aliphatic heterocycles. The first-order valence-corrected chi connectivity index (χ1v) is 7.95. The van der Waals surface area contributed by atoms with Gasteiger partial charge in [0.05, 0.1) is 12.6 Å². The minimum atomic E-state index is -0.504. The summed E-state index contributed by atoms with van der Waals surface area (Å²) < 4.78 is 29.3. The fourth-order valence-electron chi connectivity index (χ4n) is 2.68. The summed E-state index contributed by atoms with van der Waals surface area (Å²) in [5, 5.41) is 0. The van der Waals surface area contributed by atoms with E-state index in [1.807, 2.05) is 0 Å². The van der Waals surface area contributed by atoms with Crippen molar-refractivity contribution in [2.24, 2.45) is 0 Å². The number of likely N-dealkylation sites (tertiary alicyclic amines) is 1. The lowest BCUT2D eigenvalue weighted by Crippen LogP contribution is -2.34. The van der Waals surface area contributed by atoms with Crippen molar-refractivity contribution in [3.8, 4) is 11.5 Å². The van der Waals surface area contributed by atoms with E-state index in [9.17, 15) is 14.0 Å². The summed E-state index contributed by atoms with van der Waals surface area (Å²) in [6, 6.07) is 8.85. The van der Waals surface area contributed by atoms with Crippen molar-refractivity contribution < 1.29 is 23.1 Å². The summed E-state index contributed by atoms with van der Waals surface area (Å²) in [6.07, 6.45) is 0.434. The topological polar surface area (TPSA) is 69.0 Å². The van der Waals surface area contributed by atoms with Crippen LogP contribution in [0.5, 0.6) is 11.5 Å². The number of nitrogens with zero attached hydrogens (tertiary/aromatic N) is 1. The van der Waals surface area contributed by atoms with Crippen molar-refractivity contribution in [2.75, 3.05) is 19.7 Å². The molecule has 1 aromatic carbocycles. The van der Waals surface area contributed by atoms with Gasteiger partial charge in [-0.15, -0.1) is 0 Å². The number of carbonyl (C=O) groups is 1. The molecule has 1 aromatic heterocycles. The Bertz CT molecular complexity index is 819. The number of rotatable bonds is 5. The first-order chi connectivity index (χ1) is 12.0. The van der Waals surface area contributed by atoms with Gasteiger partial charge in [0.15, 0.2) is 18.2 Å². The van der Waals surface area contributed by atoms with Crippen LogP contribution in [0.2, 0.25) is 0 Å². The molecule has 1 saturated heterocycles. The van der Waals surface area contributed by atoms with Gasteiger partial charge in [0, 0.05) is 19.0 Å². The lowest BCUT2D eigenvalue weighted by Gasteiger charge is -2.17. The maximum absolute atomic E-state index is 13.5. The molecule has 0 unspecified atom stereocenters. The molecule has 1 fully saturated rings. The van der Waals surface area contributed by atoms with Crippen LogP contribution in [-0.4, -0.2) is 36.6 Å². The van der Waals surface area contributed by atoms with E-state index in [1.54, 1.807) is 30.0 Å². The molecule has 0 aliphatic carbocycles. The van der Waals surface area contributed by atoms with Gasteiger partial charge < -0.3 is 18.8 Å². The van der Waals surface area contributed by atoms with Crippen LogP contribution in [-0.2, 0) is 4.79 Å². The van der Waals surface area contributed by atoms with E-state index >= 15 is 0 Å². The van der Waals surface area contributed by atoms with E-state index in [1.165, 1.54) is 18.2 Å². The van der Waals surface area contributed by atoms with Gasteiger partial charge in [-0.25, -0.2) is 9.18 Å². The van der Waals surface area contributed by atoms with Gasteiger partial charge in [0.1, 0.15) is 17.6 Å². The second-order valence-corrected chi connectivity index (χ2v) is 5.81. The summed E-state index contributed by atoms with van der Waals surface area (Å²) in [7, 11) is 0. The summed E-state index contributed by atoms with van der Waals surface area (Å²) in [6.45, 7) is 2.34. The third-order valence-corrected chi connectivity index (χ3v) is 3.86. The molecule has 2 heterocycles. The molecular formula is C18H18FNO5. The maximum atomic E-state index is 13.5. The normalized spacial score (nSPS) is 16.7. The van der Waals surface area contributed by atoms with Crippen LogP contribution in [0.1, 0.15) is 12.2 Å². The van der Waals surface area contributed by atoms with Crippen LogP contribution in [0.25, 0.3) is 0 Å². The predicted octanol–water partition coefficient (Wildman–Crippen LogP) is 2.15. The van der Waals surface area contributed by atoms with Gasteiger partial charge in [-0.1, -0.05) is 12.1 Å². The molecule has 1 atom stereocenters. The fourth-order valence-corrected chi connectivity index (χ4v) is 2.68. The first kappa shape index (κ1) is 17.0. The van der Waals surface area contributed by atoms with Crippen LogP contribution in [0.4, 0.5) is 4.39 Å². The van der Waals surface area contributed by atoms with Crippen molar-refractivity contribution >= 4 is 5.91 Å². The second-order valence-electron chi connectivity index (χ2n) is 5.81. The Kier molecular flexibility index (Phi) is 5.02. The number of benzene rings is 1. The number of hydrogen-bond donors (Lipinski definition) is 0. The fraction of sp³-hybridized carbons (Fsp3) is 0.333. The molecule has 0 spiro atoms. The Morgan fingerprint density at radius 3 is 2.92 bits per heavy atom. The first-order valence-electron chi connectivity index (χ1n) is 7.95. The maximum Gasteiger partial charge on any atom is 0.339 e. The average Bonchev–Trinajstić information content (AvgIpc) is 3.01. The summed E-state index contributed by atoms with van der Waals surface area (Å²) in [5.41, 5.74) is -0.473. The number of halogens is 1. The van der Waals surface area contributed by atoms with Crippen LogP contribution < -0.4 is 15.1 Å². The minimum absolute atomic E-state index is 0.0503. The largest absolute Gasteiger partial charge is 0.488 e. The molecule has 0 bridgehead atoms. The number of ether oxygens (including phenoxy) is 2. The monoisotopic (exact) mass is 347 g/mol. The van der Waals surface area contributed by atoms with Crippen molar-refractivity contribution in [3.05, 3.63) is 58.4 Å². The predicted molar refractivity (Wildman–Crippen MR) is 87.2 cm³/mol. The van der Waals surface area contributed by atoms with Gasteiger partial charge in [-0.05, 0) is 19.1 Å². The second kappa shape index (κ2) is 7.38. The molecule has 25 heavy (non-hydrogen) atoms. The van der Waals surface area contributed by atoms with E-state index in [0.29, 0.717) is 31.0 Å². The quantitative estimate of drug-likeness (QED) is 0.829. The molecule has 0 saturated carbocycles. The molecule has 2 aromatic rings. The van der Waals surface area contributed by atoms with Crippen molar-refractivity contribution in [2.45, 2.75) is 19.4 Å². The Morgan fingerprint density at radius 2 is 2.16 bits per heavy atom. The minimum Gasteiger partial charge on any atom is -0.488 e. The van der Waals surface area contributed by atoms with Crippen molar-refractivity contribution in [1.29, 1.82) is 0 Å². The Balaban J connectivity index is 1.52. The molecule has 7 heteroatoms. The number of amides is 1.